The van der Waals surface area contributed by atoms with E-state index in [1.165, 1.54) is 5.01 Å². The second-order valence-electron chi connectivity index (χ2n) is 3.94. The van der Waals surface area contributed by atoms with Crippen LogP contribution < -0.4 is 5.01 Å². The minimum atomic E-state index is 0.125. The zero-order chi connectivity index (χ0) is 12.7. The summed E-state index contributed by atoms with van der Waals surface area (Å²) in [5, 5.41) is 14.4. The molecule has 1 aromatic rings. The number of rotatable bonds is 6. The fourth-order valence-electron chi connectivity index (χ4n) is 1.39. The number of carbonyl (C=O) groups is 1. The van der Waals surface area contributed by atoms with Crippen molar-refractivity contribution in [2.75, 3.05) is 11.6 Å². The first-order valence-corrected chi connectivity index (χ1v) is 5.64. The van der Waals surface area contributed by atoms with Crippen molar-refractivity contribution in [3.8, 4) is 0 Å². The zero-order valence-electron chi connectivity index (χ0n) is 10.2. The molecule has 92 valence electrons. The van der Waals surface area contributed by atoms with E-state index in [9.17, 15) is 4.79 Å². The number of carbonyl (C=O) groups excluding carboxylic acids is 1. The summed E-state index contributed by atoms with van der Waals surface area (Å²) < 4.78 is 0. The second-order valence-corrected chi connectivity index (χ2v) is 3.94. The van der Waals surface area contributed by atoms with Crippen LogP contribution in [0.3, 0.4) is 0 Å². The smallest absolute Gasteiger partial charge is 0.234 e. The average Bonchev–Trinajstić information content (AvgIpc) is 2.37. The summed E-state index contributed by atoms with van der Waals surface area (Å²) in [5.41, 5.74) is 1.56. The summed E-state index contributed by atoms with van der Waals surface area (Å²) in [6, 6.07) is 9.24. The van der Waals surface area contributed by atoms with Crippen molar-refractivity contribution < 1.29 is 9.90 Å². The van der Waals surface area contributed by atoms with Crippen molar-refractivity contribution in [1.29, 1.82) is 0 Å². The Bertz CT molecular complexity index is 376. The summed E-state index contributed by atoms with van der Waals surface area (Å²) in [7, 11) is 0. The van der Waals surface area contributed by atoms with Gasteiger partial charge in [0.1, 0.15) is 0 Å². The Labute approximate surface area is 102 Å². The third-order valence-corrected chi connectivity index (χ3v) is 2.66. The number of hydrogen-bond donors (Lipinski definition) is 1. The monoisotopic (exact) mass is 234 g/mol. The number of hydrazone groups is 1. The minimum absolute atomic E-state index is 0.125. The predicted octanol–water partition coefficient (Wildman–Crippen LogP) is 2.04. The third-order valence-electron chi connectivity index (χ3n) is 2.66. The summed E-state index contributed by atoms with van der Waals surface area (Å²) in [6.45, 7) is 3.96. The molecule has 0 aliphatic rings. The van der Waals surface area contributed by atoms with Gasteiger partial charge in [-0.05, 0) is 31.4 Å². The highest BCUT2D eigenvalue weighted by Crippen LogP contribution is 2.13. The Balaban J connectivity index is 2.82. The molecule has 0 radical (unpaired) electrons. The number of nitrogens with zero attached hydrogens (tertiary/aromatic N) is 2. The number of para-hydroxylation sites is 1. The summed E-state index contributed by atoms with van der Waals surface area (Å²) in [4.78, 5) is 11.0. The molecule has 4 heteroatoms. The summed E-state index contributed by atoms with van der Waals surface area (Å²) in [5.74, 6) is 0.158. The van der Waals surface area contributed by atoms with E-state index in [0.29, 0.717) is 12.8 Å². The molecule has 1 amide bonds. The van der Waals surface area contributed by atoms with E-state index in [-0.39, 0.29) is 12.5 Å². The minimum Gasteiger partial charge on any atom is -0.396 e. The highest BCUT2D eigenvalue weighted by molar-refractivity contribution is 5.88. The number of aliphatic hydroxyl groups excluding tert-OH is 1. The van der Waals surface area contributed by atoms with Gasteiger partial charge in [-0.2, -0.15) is 5.10 Å². The molecule has 17 heavy (non-hydrogen) atoms. The Hall–Kier alpha value is -1.68. The first kappa shape index (κ1) is 13.4. The molecule has 0 spiro atoms. The lowest BCUT2D eigenvalue weighted by molar-refractivity contribution is -0.107. The maximum Gasteiger partial charge on any atom is 0.234 e. The van der Waals surface area contributed by atoms with Crippen LogP contribution in [0.4, 0.5) is 5.69 Å². The van der Waals surface area contributed by atoms with E-state index in [1.54, 1.807) is 0 Å². The largest absolute Gasteiger partial charge is 0.396 e. The molecule has 0 aromatic heterocycles. The lowest BCUT2D eigenvalue weighted by Crippen LogP contribution is -2.19. The van der Waals surface area contributed by atoms with Gasteiger partial charge in [0.2, 0.25) is 6.41 Å². The summed E-state index contributed by atoms with van der Waals surface area (Å²) in [6.07, 6.45) is 1.33. The van der Waals surface area contributed by atoms with E-state index in [4.69, 9.17) is 5.11 Å². The van der Waals surface area contributed by atoms with Gasteiger partial charge in [0.05, 0.1) is 5.69 Å². The topological polar surface area (TPSA) is 52.9 Å². The first-order valence-electron chi connectivity index (χ1n) is 5.64. The quantitative estimate of drug-likeness (QED) is 0.465. The van der Waals surface area contributed by atoms with Crippen molar-refractivity contribution in [3.63, 3.8) is 0 Å². The van der Waals surface area contributed by atoms with Crippen LogP contribution in [-0.2, 0) is 4.79 Å². The third kappa shape index (κ3) is 4.00. The maximum absolute atomic E-state index is 11.0. The molecule has 0 saturated carbocycles. The predicted molar refractivity (Wildman–Crippen MR) is 69.0 cm³/mol. The van der Waals surface area contributed by atoms with Gasteiger partial charge in [0, 0.05) is 12.3 Å². The Kier molecular flexibility index (Phi) is 5.36. The lowest BCUT2D eigenvalue weighted by Gasteiger charge is -2.15. The van der Waals surface area contributed by atoms with Crippen LogP contribution in [0.25, 0.3) is 0 Å². The van der Waals surface area contributed by atoms with E-state index in [1.807, 2.05) is 44.2 Å². The molecule has 0 fully saturated rings. The van der Waals surface area contributed by atoms with Gasteiger partial charge >= 0.3 is 0 Å². The van der Waals surface area contributed by atoms with Gasteiger partial charge in [-0.15, -0.1) is 0 Å². The molecule has 1 unspecified atom stereocenters. The van der Waals surface area contributed by atoms with Crippen molar-refractivity contribution in [1.82, 2.24) is 0 Å². The molecule has 0 aliphatic heterocycles. The van der Waals surface area contributed by atoms with E-state index >= 15 is 0 Å². The normalized spacial score (nSPS) is 13.2. The molecule has 0 saturated heterocycles. The molecular weight excluding hydrogens is 216 g/mol. The van der Waals surface area contributed by atoms with E-state index in [2.05, 4.69) is 5.10 Å². The van der Waals surface area contributed by atoms with Crippen LogP contribution in [0.5, 0.6) is 0 Å². The fourth-order valence-corrected chi connectivity index (χ4v) is 1.39. The molecule has 0 bridgehead atoms. The first-order chi connectivity index (χ1) is 8.19. The molecule has 1 rings (SSSR count). The van der Waals surface area contributed by atoms with Crippen LogP contribution >= 0.6 is 0 Å². The molecular formula is C13H18N2O2. The molecule has 4 nitrogen and oxygen atoms in total. The average molecular weight is 234 g/mol. The van der Waals surface area contributed by atoms with Crippen molar-refractivity contribution in [2.24, 2.45) is 11.0 Å². The second kappa shape index (κ2) is 6.81. The number of benzene rings is 1. The standard InChI is InChI=1S/C13H18N2O2/c1-11(8-9-16)12(2)14-15(10-17)13-6-4-3-5-7-13/h3-7,10-11,16H,8-9H2,1-2H3/b14-12-. The Morgan fingerprint density at radius 3 is 2.65 bits per heavy atom. The van der Waals surface area contributed by atoms with E-state index in [0.717, 1.165) is 11.4 Å². The molecule has 0 aliphatic carbocycles. The van der Waals surface area contributed by atoms with Crippen LogP contribution in [0.2, 0.25) is 0 Å². The van der Waals surface area contributed by atoms with Crippen molar-refractivity contribution in [2.45, 2.75) is 20.3 Å². The van der Waals surface area contributed by atoms with Gasteiger partial charge in [-0.3, -0.25) is 4.79 Å². The zero-order valence-corrected chi connectivity index (χ0v) is 10.2. The molecule has 1 atom stereocenters. The lowest BCUT2D eigenvalue weighted by atomic mass is 10.0. The highest BCUT2D eigenvalue weighted by Gasteiger charge is 2.08. The van der Waals surface area contributed by atoms with Gasteiger partial charge in [-0.25, -0.2) is 5.01 Å². The van der Waals surface area contributed by atoms with Crippen LogP contribution in [0, 0.1) is 5.92 Å². The van der Waals surface area contributed by atoms with Gasteiger partial charge in [0.25, 0.3) is 0 Å². The highest BCUT2D eigenvalue weighted by atomic mass is 16.3. The van der Waals surface area contributed by atoms with Crippen molar-refractivity contribution >= 4 is 17.8 Å². The fraction of sp³-hybridized carbons (Fsp3) is 0.385. The van der Waals surface area contributed by atoms with Crippen LogP contribution in [0.15, 0.2) is 35.4 Å². The van der Waals surface area contributed by atoms with Crippen LogP contribution in [0.1, 0.15) is 20.3 Å². The molecule has 0 heterocycles. The SMILES string of the molecule is C/C(=N/N(C=O)c1ccccc1)C(C)CCO. The van der Waals surface area contributed by atoms with Gasteiger partial charge in [-0.1, -0.05) is 25.1 Å². The number of aliphatic hydroxyl groups is 1. The number of amides is 1. The van der Waals surface area contributed by atoms with Crippen molar-refractivity contribution in [3.05, 3.63) is 30.3 Å². The van der Waals surface area contributed by atoms with Crippen LogP contribution in [-0.4, -0.2) is 23.8 Å². The Morgan fingerprint density at radius 1 is 1.47 bits per heavy atom. The Morgan fingerprint density at radius 2 is 2.12 bits per heavy atom. The summed E-state index contributed by atoms with van der Waals surface area (Å²) >= 11 is 0. The maximum atomic E-state index is 11.0. The number of hydrogen-bond acceptors (Lipinski definition) is 3. The van der Waals surface area contributed by atoms with Gasteiger partial charge in [0.15, 0.2) is 0 Å². The van der Waals surface area contributed by atoms with Gasteiger partial charge < -0.3 is 5.11 Å². The van der Waals surface area contributed by atoms with E-state index < -0.39 is 0 Å². The number of anilines is 1. The molecule has 1 N–H and O–H groups in total. The molecule has 1 aromatic carbocycles.